The van der Waals surface area contributed by atoms with Crippen LogP contribution in [0.4, 0.5) is 0 Å². The lowest BCUT2D eigenvalue weighted by atomic mass is 10.0. The minimum absolute atomic E-state index is 0.202. The van der Waals surface area contributed by atoms with Gasteiger partial charge in [-0.1, -0.05) is 35.4 Å². The molecule has 0 aliphatic carbocycles. The highest BCUT2D eigenvalue weighted by Gasteiger charge is 2.09. The van der Waals surface area contributed by atoms with Gasteiger partial charge < -0.3 is 0 Å². The third kappa shape index (κ3) is 3.71. The van der Waals surface area contributed by atoms with Crippen LogP contribution in [-0.2, 0) is 0 Å². The van der Waals surface area contributed by atoms with Crippen molar-refractivity contribution in [2.75, 3.05) is 5.75 Å². The predicted octanol–water partition coefficient (Wildman–Crippen LogP) is 4.59. The zero-order chi connectivity index (χ0) is 13.8. The van der Waals surface area contributed by atoms with E-state index in [1.54, 1.807) is 11.8 Å². The zero-order valence-electron chi connectivity index (χ0n) is 11.6. The van der Waals surface area contributed by atoms with Crippen molar-refractivity contribution in [3.8, 4) is 0 Å². The van der Waals surface area contributed by atoms with Gasteiger partial charge in [-0.15, -0.1) is 11.8 Å². The van der Waals surface area contributed by atoms with Gasteiger partial charge >= 0.3 is 0 Å². The Labute approximate surface area is 119 Å². The van der Waals surface area contributed by atoms with Gasteiger partial charge in [0, 0.05) is 10.5 Å². The predicted molar refractivity (Wildman–Crippen MR) is 82.1 cm³/mol. The van der Waals surface area contributed by atoms with Crippen LogP contribution in [0.5, 0.6) is 0 Å². The molecule has 2 aromatic carbocycles. The molecule has 19 heavy (non-hydrogen) atoms. The number of carbonyl (C=O) groups excluding carboxylic acids is 1. The summed E-state index contributed by atoms with van der Waals surface area (Å²) in [5, 5.41) is 0. The first-order valence-electron chi connectivity index (χ1n) is 6.36. The summed E-state index contributed by atoms with van der Waals surface area (Å²) in [6.07, 6.45) is 0. The average molecular weight is 270 g/mol. The summed E-state index contributed by atoms with van der Waals surface area (Å²) in [6.45, 7) is 6.07. The number of carbonyl (C=O) groups is 1. The molecule has 0 aliphatic rings. The molecule has 2 heteroatoms. The van der Waals surface area contributed by atoms with E-state index >= 15 is 0 Å². The Morgan fingerprint density at radius 2 is 1.74 bits per heavy atom. The normalized spacial score (nSPS) is 10.5. The Morgan fingerprint density at radius 3 is 2.47 bits per heavy atom. The van der Waals surface area contributed by atoms with Gasteiger partial charge in [0.05, 0.1) is 5.75 Å². The van der Waals surface area contributed by atoms with E-state index in [-0.39, 0.29) is 5.78 Å². The van der Waals surface area contributed by atoms with E-state index in [1.165, 1.54) is 5.56 Å². The maximum Gasteiger partial charge on any atom is 0.173 e. The molecule has 0 bridgehead atoms. The third-order valence-corrected chi connectivity index (χ3v) is 4.05. The molecule has 0 spiro atoms. The summed E-state index contributed by atoms with van der Waals surface area (Å²) in [5.74, 6) is 0.695. The maximum atomic E-state index is 12.3. The molecule has 0 saturated heterocycles. The molecule has 0 aliphatic heterocycles. The molecule has 0 radical (unpaired) electrons. The van der Waals surface area contributed by atoms with E-state index in [4.69, 9.17) is 0 Å². The number of hydrogen-bond donors (Lipinski definition) is 0. The Hall–Kier alpha value is -1.54. The average Bonchev–Trinajstić information content (AvgIpc) is 2.39. The largest absolute Gasteiger partial charge is 0.293 e. The fourth-order valence-electron chi connectivity index (χ4n) is 1.97. The Bertz CT molecular complexity index is 602. The fraction of sp³-hybridized carbons (Fsp3) is 0.235. The number of thioether (sulfide) groups is 1. The fourth-order valence-corrected chi connectivity index (χ4v) is 2.87. The van der Waals surface area contributed by atoms with E-state index < -0.39 is 0 Å². The molecular formula is C17H18OS. The highest BCUT2D eigenvalue weighted by molar-refractivity contribution is 8.00. The lowest BCUT2D eigenvalue weighted by Crippen LogP contribution is -2.05. The van der Waals surface area contributed by atoms with Gasteiger partial charge in [-0.25, -0.2) is 0 Å². The van der Waals surface area contributed by atoms with Crippen molar-refractivity contribution in [3.63, 3.8) is 0 Å². The van der Waals surface area contributed by atoms with Crippen LogP contribution in [0.2, 0.25) is 0 Å². The molecule has 0 aromatic heterocycles. The van der Waals surface area contributed by atoms with Crippen LogP contribution in [0.1, 0.15) is 27.0 Å². The molecule has 1 nitrogen and oxygen atoms in total. The van der Waals surface area contributed by atoms with Crippen molar-refractivity contribution in [3.05, 3.63) is 64.7 Å². The maximum absolute atomic E-state index is 12.3. The molecule has 0 atom stereocenters. The third-order valence-electron chi connectivity index (χ3n) is 3.05. The van der Waals surface area contributed by atoms with Crippen molar-refractivity contribution in [2.45, 2.75) is 25.7 Å². The Balaban J connectivity index is 2.07. The smallest absolute Gasteiger partial charge is 0.173 e. The first-order chi connectivity index (χ1) is 9.06. The number of benzene rings is 2. The van der Waals surface area contributed by atoms with E-state index in [0.717, 1.165) is 21.6 Å². The number of rotatable bonds is 4. The summed E-state index contributed by atoms with van der Waals surface area (Å²) in [7, 11) is 0. The van der Waals surface area contributed by atoms with Crippen LogP contribution in [0.15, 0.2) is 47.4 Å². The first kappa shape index (κ1) is 13.9. The summed E-state index contributed by atoms with van der Waals surface area (Å²) in [4.78, 5) is 13.4. The Kier molecular flexibility index (Phi) is 4.43. The van der Waals surface area contributed by atoms with Crippen molar-refractivity contribution in [1.29, 1.82) is 0 Å². The molecule has 98 valence electrons. The van der Waals surface area contributed by atoms with Crippen molar-refractivity contribution < 1.29 is 4.79 Å². The lowest BCUT2D eigenvalue weighted by Gasteiger charge is -2.06. The molecule has 0 fully saturated rings. The topological polar surface area (TPSA) is 17.1 Å². The summed E-state index contributed by atoms with van der Waals surface area (Å²) in [6, 6.07) is 14.3. The van der Waals surface area contributed by atoms with Crippen LogP contribution in [0.3, 0.4) is 0 Å². The molecule has 0 N–H and O–H groups in total. The highest BCUT2D eigenvalue weighted by atomic mass is 32.2. The van der Waals surface area contributed by atoms with E-state index in [2.05, 4.69) is 19.1 Å². The van der Waals surface area contributed by atoms with Crippen molar-refractivity contribution in [1.82, 2.24) is 0 Å². The van der Waals surface area contributed by atoms with Gasteiger partial charge in [-0.2, -0.15) is 0 Å². The summed E-state index contributed by atoms with van der Waals surface area (Å²) >= 11 is 1.60. The van der Waals surface area contributed by atoms with Gasteiger partial charge in [-0.3, -0.25) is 4.79 Å². The van der Waals surface area contributed by atoms with Crippen LogP contribution >= 0.6 is 11.8 Å². The number of Topliss-reactive ketones (excluding diaryl/α,β-unsaturated/α-hetero) is 1. The molecule has 0 unspecified atom stereocenters. The zero-order valence-corrected chi connectivity index (χ0v) is 12.4. The van der Waals surface area contributed by atoms with Gasteiger partial charge in [-0.05, 0) is 44.5 Å². The second-order valence-corrected chi connectivity index (χ2v) is 5.90. The number of ketones is 1. The minimum atomic E-state index is 0.202. The molecule has 0 saturated carbocycles. The van der Waals surface area contributed by atoms with Gasteiger partial charge in [0.1, 0.15) is 0 Å². The monoisotopic (exact) mass is 270 g/mol. The van der Waals surface area contributed by atoms with E-state index in [9.17, 15) is 4.79 Å². The quantitative estimate of drug-likeness (QED) is 0.597. The first-order valence-corrected chi connectivity index (χ1v) is 7.35. The van der Waals surface area contributed by atoms with Crippen LogP contribution < -0.4 is 0 Å². The molecule has 0 heterocycles. The summed E-state index contributed by atoms with van der Waals surface area (Å²) in [5.41, 5.74) is 4.26. The summed E-state index contributed by atoms with van der Waals surface area (Å²) < 4.78 is 0. The molecular weight excluding hydrogens is 252 g/mol. The SMILES string of the molecule is Cc1cccc(SCC(=O)c2cc(C)ccc2C)c1. The standard InChI is InChI=1S/C17H18OS/c1-12-5-4-6-15(9-12)19-11-17(18)16-10-13(2)7-8-14(16)3/h4-10H,11H2,1-3H3. The second kappa shape index (κ2) is 6.07. The highest BCUT2D eigenvalue weighted by Crippen LogP contribution is 2.21. The van der Waals surface area contributed by atoms with Gasteiger partial charge in [0.2, 0.25) is 0 Å². The van der Waals surface area contributed by atoms with Crippen LogP contribution in [0.25, 0.3) is 0 Å². The van der Waals surface area contributed by atoms with Crippen LogP contribution in [-0.4, -0.2) is 11.5 Å². The van der Waals surface area contributed by atoms with Crippen molar-refractivity contribution >= 4 is 17.5 Å². The van der Waals surface area contributed by atoms with Gasteiger partial charge in [0.15, 0.2) is 5.78 Å². The Morgan fingerprint density at radius 1 is 1.00 bits per heavy atom. The van der Waals surface area contributed by atoms with Crippen molar-refractivity contribution in [2.24, 2.45) is 0 Å². The lowest BCUT2D eigenvalue weighted by molar-refractivity contribution is 0.102. The number of aryl methyl sites for hydroxylation is 3. The van der Waals surface area contributed by atoms with E-state index in [1.807, 2.05) is 44.2 Å². The second-order valence-electron chi connectivity index (χ2n) is 4.85. The molecule has 0 amide bonds. The molecule has 2 rings (SSSR count). The van der Waals surface area contributed by atoms with Gasteiger partial charge in [0.25, 0.3) is 0 Å². The van der Waals surface area contributed by atoms with Crippen LogP contribution in [0, 0.1) is 20.8 Å². The van der Waals surface area contributed by atoms with E-state index in [0.29, 0.717) is 5.75 Å². The molecule has 2 aromatic rings. The minimum Gasteiger partial charge on any atom is -0.293 e. The number of hydrogen-bond acceptors (Lipinski definition) is 2.